The first kappa shape index (κ1) is 54.9. The number of carbonyl (C=O) groups excluding carboxylic acids is 1. The van der Waals surface area contributed by atoms with Crippen molar-refractivity contribution in [2.45, 2.75) is 232 Å². The standard InChI is InChI=1S/C53H94N2O12/c1-33(2)16-15-17-34(3)40-20-21-41-39-19-18-37-32-38(22-24-52(37,6)42(39)23-25-53(40,41)7)67-51(62)54-26-9-8-10-27-55(28-11-13-30-63-49-47(60)45(58)43(56)35(4)65-49)29-12-14-31-64-50-48(61)46(59)44(57)36(5)66-50/h18,33-36,38-50,56-61H,8-17,19-32H2,1-7H3,(H,54,62)/t34-,35?,36?,38-,39+,40-,41+,42+,43+,44+,45+,46+,47?,48?,49-,50-,52+,53-/m1/s1. The molecule has 0 aromatic rings. The second-order valence-corrected chi connectivity index (χ2v) is 22.9. The van der Waals surface area contributed by atoms with Crippen molar-refractivity contribution in [1.82, 2.24) is 10.2 Å². The van der Waals surface area contributed by atoms with Crippen molar-refractivity contribution in [2.24, 2.45) is 46.3 Å². The molecule has 1 amide bonds. The molecule has 2 aliphatic heterocycles. The Morgan fingerprint density at radius 3 is 1.91 bits per heavy atom. The zero-order valence-electron chi connectivity index (χ0n) is 42.4. The van der Waals surface area contributed by atoms with Gasteiger partial charge in [-0.3, -0.25) is 0 Å². The number of hydrogen-bond donors (Lipinski definition) is 7. The van der Waals surface area contributed by atoms with Crippen LogP contribution in [0, 0.1) is 46.3 Å². The second kappa shape index (κ2) is 25.3. The van der Waals surface area contributed by atoms with Crippen LogP contribution in [-0.4, -0.2) is 149 Å². The first-order valence-corrected chi connectivity index (χ1v) is 26.9. The van der Waals surface area contributed by atoms with Crippen LogP contribution >= 0.6 is 0 Å². The quantitative estimate of drug-likeness (QED) is 0.0392. The lowest BCUT2D eigenvalue weighted by Gasteiger charge is -2.58. The molecule has 5 fully saturated rings. The number of alkyl carbamates (subject to hydrolysis) is 1. The lowest BCUT2D eigenvalue weighted by molar-refractivity contribution is -0.293. The maximum atomic E-state index is 13.1. The fourth-order valence-electron chi connectivity index (χ4n) is 13.7. The minimum Gasteiger partial charge on any atom is -0.446 e. The van der Waals surface area contributed by atoms with Crippen LogP contribution in [0.3, 0.4) is 0 Å². The number of nitrogens with one attached hydrogen (secondary N) is 1. The Morgan fingerprint density at radius 2 is 1.31 bits per heavy atom. The largest absolute Gasteiger partial charge is 0.446 e. The highest BCUT2D eigenvalue weighted by Crippen LogP contribution is 2.67. The van der Waals surface area contributed by atoms with Crippen molar-refractivity contribution in [1.29, 1.82) is 0 Å². The summed E-state index contributed by atoms with van der Waals surface area (Å²) < 4.78 is 28.7. The molecule has 0 aromatic heterocycles. The van der Waals surface area contributed by atoms with Gasteiger partial charge in [-0.1, -0.05) is 72.0 Å². The van der Waals surface area contributed by atoms with Gasteiger partial charge >= 0.3 is 6.09 Å². The monoisotopic (exact) mass is 951 g/mol. The van der Waals surface area contributed by atoms with Crippen LogP contribution in [0.1, 0.15) is 164 Å². The summed E-state index contributed by atoms with van der Waals surface area (Å²) in [6.07, 6.45) is 10.9. The third-order valence-corrected chi connectivity index (χ3v) is 17.9. The number of carbonyl (C=O) groups is 1. The van der Waals surface area contributed by atoms with Gasteiger partial charge < -0.3 is 64.5 Å². The number of nitrogens with zero attached hydrogens (tertiary/aromatic N) is 1. The van der Waals surface area contributed by atoms with E-state index in [4.69, 9.17) is 23.7 Å². The van der Waals surface area contributed by atoms with Gasteiger partial charge in [-0.2, -0.15) is 0 Å². The lowest BCUT2D eigenvalue weighted by atomic mass is 9.47. The summed E-state index contributed by atoms with van der Waals surface area (Å²) >= 11 is 0. The molecule has 4 aliphatic carbocycles. The number of allylic oxidation sites excluding steroid dienone is 1. The van der Waals surface area contributed by atoms with Gasteiger partial charge in [0.15, 0.2) is 12.6 Å². The smallest absolute Gasteiger partial charge is 0.407 e. The predicted octanol–water partition coefficient (Wildman–Crippen LogP) is 6.84. The van der Waals surface area contributed by atoms with Gasteiger partial charge in [0.05, 0.1) is 12.2 Å². The maximum Gasteiger partial charge on any atom is 0.407 e. The lowest BCUT2D eigenvalue weighted by Crippen LogP contribution is -2.57. The highest BCUT2D eigenvalue weighted by molar-refractivity contribution is 5.67. The molecule has 6 rings (SSSR count). The normalized spacial score (nSPS) is 40.2. The van der Waals surface area contributed by atoms with Crippen LogP contribution in [0.2, 0.25) is 0 Å². The summed E-state index contributed by atoms with van der Waals surface area (Å²) in [5.74, 6) is 4.86. The third-order valence-electron chi connectivity index (χ3n) is 17.9. The molecule has 0 radical (unpaired) electrons. The van der Waals surface area contributed by atoms with Crippen molar-refractivity contribution < 1.29 is 59.1 Å². The summed E-state index contributed by atoms with van der Waals surface area (Å²) in [6.45, 7) is 19.5. The molecule has 0 aromatic carbocycles. The molecule has 2 saturated heterocycles. The summed E-state index contributed by atoms with van der Waals surface area (Å²) in [5, 5.41) is 63.9. The molecule has 3 saturated carbocycles. The van der Waals surface area contributed by atoms with Crippen LogP contribution in [0.4, 0.5) is 4.79 Å². The van der Waals surface area contributed by atoms with E-state index >= 15 is 0 Å². The molecule has 14 heteroatoms. The first-order chi connectivity index (χ1) is 31.9. The van der Waals surface area contributed by atoms with Crippen molar-refractivity contribution >= 4 is 6.09 Å². The summed E-state index contributed by atoms with van der Waals surface area (Å²) in [4.78, 5) is 15.5. The summed E-state index contributed by atoms with van der Waals surface area (Å²) in [7, 11) is 0. The Balaban J connectivity index is 0.890. The molecule has 4 unspecified atom stereocenters. The van der Waals surface area contributed by atoms with Crippen molar-refractivity contribution in [2.75, 3.05) is 39.4 Å². The molecule has 67 heavy (non-hydrogen) atoms. The highest BCUT2D eigenvalue weighted by Gasteiger charge is 2.59. The minimum atomic E-state index is -1.33. The Labute approximate surface area is 403 Å². The van der Waals surface area contributed by atoms with E-state index in [1.54, 1.807) is 19.4 Å². The zero-order chi connectivity index (χ0) is 48.5. The van der Waals surface area contributed by atoms with Gasteiger partial charge in [-0.25, -0.2) is 4.79 Å². The Hall–Kier alpha value is -1.43. The van der Waals surface area contributed by atoms with Gasteiger partial charge in [0.2, 0.25) is 0 Å². The maximum absolute atomic E-state index is 13.1. The molecule has 6 aliphatic rings. The van der Waals surface area contributed by atoms with E-state index in [1.165, 1.54) is 51.4 Å². The van der Waals surface area contributed by atoms with Crippen LogP contribution in [0.25, 0.3) is 0 Å². The number of unbranched alkanes of at least 4 members (excludes halogenated alkanes) is 4. The number of rotatable bonds is 24. The van der Waals surface area contributed by atoms with Gasteiger partial charge in [0.1, 0.15) is 42.7 Å². The number of hydrogen-bond acceptors (Lipinski definition) is 13. The molecule has 0 spiro atoms. The van der Waals surface area contributed by atoms with E-state index in [-0.39, 0.29) is 17.6 Å². The van der Waals surface area contributed by atoms with E-state index < -0.39 is 61.4 Å². The molecular formula is C53H94N2O12. The first-order valence-electron chi connectivity index (χ1n) is 26.9. The predicted molar refractivity (Wildman–Crippen MR) is 257 cm³/mol. The fourth-order valence-corrected chi connectivity index (χ4v) is 13.7. The molecule has 18 atom stereocenters. The van der Waals surface area contributed by atoms with Gasteiger partial charge in [-0.05, 0) is 163 Å². The van der Waals surface area contributed by atoms with Crippen LogP contribution in [0.5, 0.6) is 0 Å². The highest BCUT2D eigenvalue weighted by atomic mass is 16.7. The Bertz CT molecular complexity index is 1490. The van der Waals surface area contributed by atoms with E-state index in [1.807, 2.05) is 0 Å². The zero-order valence-corrected chi connectivity index (χ0v) is 42.4. The van der Waals surface area contributed by atoms with Crippen LogP contribution < -0.4 is 5.32 Å². The Kier molecular flexibility index (Phi) is 20.7. The van der Waals surface area contributed by atoms with Gasteiger partial charge in [-0.15, -0.1) is 0 Å². The number of fused-ring (bicyclic) bond motifs is 5. The number of aliphatic hydroxyl groups excluding tert-OH is 6. The number of ether oxygens (including phenoxy) is 5. The summed E-state index contributed by atoms with van der Waals surface area (Å²) in [6, 6.07) is 0. The average Bonchev–Trinajstić information content (AvgIpc) is 3.66. The van der Waals surface area contributed by atoms with Crippen LogP contribution in [-0.2, 0) is 23.7 Å². The van der Waals surface area contributed by atoms with E-state index in [9.17, 15) is 35.4 Å². The molecule has 2 heterocycles. The minimum absolute atomic E-state index is 0.0664. The van der Waals surface area contributed by atoms with E-state index in [0.29, 0.717) is 38.0 Å². The second-order valence-electron chi connectivity index (χ2n) is 22.9. The van der Waals surface area contributed by atoms with E-state index in [0.717, 1.165) is 107 Å². The summed E-state index contributed by atoms with van der Waals surface area (Å²) in [5.41, 5.74) is 2.25. The van der Waals surface area contributed by atoms with Gasteiger partial charge in [0, 0.05) is 26.2 Å². The topological polar surface area (TPSA) is 200 Å². The third kappa shape index (κ3) is 13.8. The molecule has 388 valence electrons. The molecule has 14 nitrogen and oxygen atoms in total. The molecule has 0 bridgehead atoms. The number of amides is 1. The average molecular weight is 951 g/mol. The fraction of sp³-hybridized carbons (Fsp3) is 0.943. The SMILES string of the molecule is CC(C)CCC[C@@H](C)[C@H]1CC[C@H]2[C@@H]3CC=C4C[C@H](OC(=O)NCCCCCN(CCCCO[C@@H]5OC(C)[C@H](O)[C@H](O)C5O)CCCCO[C@@H]5OC(C)[C@H](O)[C@H](O)C5O)CC[C@]4(C)[C@H]3CC[C@]12C. The molecular weight excluding hydrogens is 857 g/mol. The molecule has 7 N–H and O–H groups in total. The van der Waals surface area contributed by atoms with Gasteiger partial charge in [0.25, 0.3) is 0 Å². The van der Waals surface area contributed by atoms with E-state index in [2.05, 4.69) is 50.9 Å². The number of aliphatic hydroxyl groups is 6. The van der Waals surface area contributed by atoms with Crippen LogP contribution in [0.15, 0.2) is 11.6 Å². The van der Waals surface area contributed by atoms with Crippen molar-refractivity contribution in [3.8, 4) is 0 Å². The Morgan fingerprint density at radius 1 is 0.716 bits per heavy atom. The van der Waals surface area contributed by atoms with Crippen molar-refractivity contribution in [3.63, 3.8) is 0 Å². The van der Waals surface area contributed by atoms with Crippen molar-refractivity contribution in [3.05, 3.63) is 11.6 Å².